The summed E-state index contributed by atoms with van der Waals surface area (Å²) in [7, 11) is 0. The molecule has 1 aromatic rings. The third kappa shape index (κ3) is 4.31. The molecule has 1 aromatic carbocycles. The van der Waals surface area contributed by atoms with E-state index in [0.29, 0.717) is 13.0 Å². The van der Waals surface area contributed by atoms with Gasteiger partial charge in [0.1, 0.15) is 11.5 Å². The molecular weight excluding hydrogens is 164 g/mol. The third-order valence-electron chi connectivity index (χ3n) is 1.54. The van der Waals surface area contributed by atoms with Gasteiger partial charge in [0, 0.05) is 12.8 Å². The molecule has 1 radical (unpaired) electrons. The maximum absolute atomic E-state index is 10.6. The minimum absolute atomic E-state index is 0.164. The summed E-state index contributed by atoms with van der Waals surface area (Å²) in [5.74, 6) is 0.999. The SMILES string of the molecule is CC(=O)C[CH]COc1ccccc1. The van der Waals surface area contributed by atoms with Gasteiger partial charge in [-0.15, -0.1) is 0 Å². The van der Waals surface area contributed by atoms with Crippen LogP contribution in [0.3, 0.4) is 0 Å². The minimum Gasteiger partial charge on any atom is -0.493 e. The number of para-hydroxylation sites is 1. The Balaban J connectivity index is 2.17. The number of Topliss-reactive ketones (excluding diaryl/α,β-unsaturated/α-hetero) is 1. The smallest absolute Gasteiger partial charge is 0.130 e. The number of ether oxygens (including phenoxy) is 1. The Morgan fingerprint density at radius 3 is 2.69 bits per heavy atom. The maximum atomic E-state index is 10.6. The van der Waals surface area contributed by atoms with Gasteiger partial charge in [-0.3, -0.25) is 0 Å². The van der Waals surface area contributed by atoms with Crippen LogP contribution in [0, 0.1) is 6.42 Å². The largest absolute Gasteiger partial charge is 0.493 e. The van der Waals surface area contributed by atoms with Crippen LogP contribution >= 0.6 is 0 Å². The van der Waals surface area contributed by atoms with Crippen LogP contribution < -0.4 is 4.74 Å². The molecule has 0 fully saturated rings. The van der Waals surface area contributed by atoms with Crippen LogP contribution in [0.4, 0.5) is 0 Å². The molecule has 2 heteroatoms. The molecular formula is C11H13O2. The first-order chi connectivity index (χ1) is 6.29. The molecule has 0 amide bonds. The van der Waals surface area contributed by atoms with Crippen LogP contribution in [0.1, 0.15) is 13.3 Å². The van der Waals surface area contributed by atoms with Gasteiger partial charge in [-0.1, -0.05) is 18.2 Å². The highest BCUT2D eigenvalue weighted by molar-refractivity contribution is 5.76. The molecule has 0 saturated carbocycles. The van der Waals surface area contributed by atoms with E-state index in [1.807, 2.05) is 36.8 Å². The first kappa shape index (κ1) is 9.78. The van der Waals surface area contributed by atoms with Crippen LogP contribution in [0.5, 0.6) is 5.75 Å². The molecule has 0 unspecified atom stereocenters. The van der Waals surface area contributed by atoms with E-state index in [9.17, 15) is 4.79 Å². The normalized spacial score (nSPS) is 9.62. The standard InChI is InChI=1S/C11H13O2/c1-10(12)6-5-9-13-11-7-3-2-4-8-11/h2-5,7-8H,6,9H2,1H3. The maximum Gasteiger partial charge on any atom is 0.130 e. The molecule has 0 atom stereocenters. The van der Waals surface area contributed by atoms with Crippen molar-refractivity contribution < 1.29 is 9.53 Å². The van der Waals surface area contributed by atoms with Gasteiger partial charge in [-0.2, -0.15) is 0 Å². The van der Waals surface area contributed by atoms with E-state index in [1.54, 1.807) is 6.92 Å². The monoisotopic (exact) mass is 177 g/mol. The van der Waals surface area contributed by atoms with Gasteiger partial charge >= 0.3 is 0 Å². The molecule has 0 bridgehead atoms. The summed E-state index contributed by atoms with van der Waals surface area (Å²) in [6.45, 7) is 2.06. The van der Waals surface area contributed by atoms with Crippen LogP contribution in [-0.2, 0) is 4.79 Å². The van der Waals surface area contributed by atoms with E-state index in [2.05, 4.69) is 0 Å². The third-order valence-corrected chi connectivity index (χ3v) is 1.54. The van der Waals surface area contributed by atoms with Crippen molar-refractivity contribution in [3.8, 4) is 5.75 Å². The second-order valence-electron chi connectivity index (χ2n) is 2.82. The summed E-state index contributed by atoms with van der Waals surface area (Å²) in [6.07, 6.45) is 2.31. The first-order valence-electron chi connectivity index (χ1n) is 4.28. The van der Waals surface area contributed by atoms with Crippen LogP contribution in [-0.4, -0.2) is 12.4 Å². The van der Waals surface area contributed by atoms with Crippen molar-refractivity contribution in [2.75, 3.05) is 6.61 Å². The zero-order chi connectivity index (χ0) is 9.52. The van der Waals surface area contributed by atoms with E-state index in [4.69, 9.17) is 4.74 Å². The Hall–Kier alpha value is -1.31. The zero-order valence-corrected chi connectivity index (χ0v) is 7.69. The summed E-state index contributed by atoms with van der Waals surface area (Å²) in [6, 6.07) is 9.55. The molecule has 1 rings (SSSR count). The number of carbonyl (C=O) groups excluding carboxylic acids is 1. The van der Waals surface area contributed by atoms with Crippen molar-refractivity contribution >= 4 is 5.78 Å². The first-order valence-corrected chi connectivity index (χ1v) is 4.28. The highest BCUT2D eigenvalue weighted by atomic mass is 16.5. The fourth-order valence-electron chi connectivity index (χ4n) is 0.934. The Kier molecular flexibility index (Phi) is 4.03. The summed E-state index contributed by atoms with van der Waals surface area (Å²) in [4.78, 5) is 10.6. The van der Waals surface area contributed by atoms with Gasteiger partial charge in [-0.05, 0) is 19.1 Å². The van der Waals surface area contributed by atoms with Gasteiger partial charge in [0.05, 0.1) is 6.61 Å². The van der Waals surface area contributed by atoms with Gasteiger partial charge in [0.15, 0.2) is 0 Å². The molecule has 0 saturated heterocycles. The summed E-state index contributed by atoms with van der Waals surface area (Å²) in [5.41, 5.74) is 0. The number of ketones is 1. The van der Waals surface area contributed by atoms with Crippen LogP contribution in [0.15, 0.2) is 30.3 Å². The molecule has 69 valence electrons. The van der Waals surface area contributed by atoms with Crippen molar-refractivity contribution in [3.05, 3.63) is 36.8 Å². The van der Waals surface area contributed by atoms with Crippen LogP contribution in [0.2, 0.25) is 0 Å². The molecule has 2 nitrogen and oxygen atoms in total. The van der Waals surface area contributed by atoms with Crippen LogP contribution in [0.25, 0.3) is 0 Å². The summed E-state index contributed by atoms with van der Waals surface area (Å²) >= 11 is 0. The van der Waals surface area contributed by atoms with Crippen molar-refractivity contribution in [1.29, 1.82) is 0 Å². The Bertz CT molecular complexity index is 254. The van der Waals surface area contributed by atoms with Gasteiger partial charge < -0.3 is 9.53 Å². The highest BCUT2D eigenvalue weighted by Gasteiger charge is 1.94. The Labute approximate surface area is 78.5 Å². The lowest BCUT2D eigenvalue weighted by molar-refractivity contribution is -0.116. The molecule has 0 aliphatic carbocycles. The number of hydrogen-bond acceptors (Lipinski definition) is 2. The second kappa shape index (κ2) is 5.36. The molecule has 0 aliphatic heterocycles. The average Bonchev–Trinajstić information content (AvgIpc) is 2.14. The Morgan fingerprint density at radius 2 is 2.08 bits per heavy atom. The molecule has 0 aromatic heterocycles. The number of hydrogen-bond donors (Lipinski definition) is 0. The molecule has 0 N–H and O–H groups in total. The number of carbonyl (C=O) groups is 1. The quantitative estimate of drug-likeness (QED) is 0.645. The molecule has 13 heavy (non-hydrogen) atoms. The average molecular weight is 177 g/mol. The topological polar surface area (TPSA) is 26.3 Å². The molecule has 0 aliphatic rings. The number of rotatable bonds is 5. The zero-order valence-electron chi connectivity index (χ0n) is 7.69. The Morgan fingerprint density at radius 1 is 1.38 bits per heavy atom. The fourth-order valence-corrected chi connectivity index (χ4v) is 0.934. The summed E-state index contributed by atoms with van der Waals surface area (Å²) in [5, 5.41) is 0. The van der Waals surface area contributed by atoms with Crippen molar-refractivity contribution in [2.45, 2.75) is 13.3 Å². The highest BCUT2D eigenvalue weighted by Crippen LogP contribution is 2.08. The molecule has 0 spiro atoms. The lowest BCUT2D eigenvalue weighted by Gasteiger charge is -2.03. The van der Waals surface area contributed by atoms with Crippen molar-refractivity contribution in [2.24, 2.45) is 0 Å². The summed E-state index contributed by atoms with van der Waals surface area (Å²) < 4.78 is 5.35. The van der Waals surface area contributed by atoms with E-state index in [-0.39, 0.29) is 5.78 Å². The van der Waals surface area contributed by atoms with E-state index in [1.165, 1.54) is 0 Å². The lowest BCUT2D eigenvalue weighted by atomic mass is 10.2. The predicted octanol–water partition coefficient (Wildman–Crippen LogP) is 2.25. The van der Waals surface area contributed by atoms with Gasteiger partial charge in [-0.25, -0.2) is 0 Å². The van der Waals surface area contributed by atoms with Gasteiger partial charge in [0.2, 0.25) is 0 Å². The van der Waals surface area contributed by atoms with Crippen molar-refractivity contribution in [1.82, 2.24) is 0 Å². The van der Waals surface area contributed by atoms with E-state index in [0.717, 1.165) is 5.75 Å². The van der Waals surface area contributed by atoms with E-state index >= 15 is 0 Å². The van der Waals surface area contributed by atoms with Crippen molar-refractivity contribution in [3.63, 3.8) is 0 Å². The molecule has 0 heterocycles. The second-order valence-corrected chi connectivity index (χ2v) is 2.82. The predicted molar refractivity (Wildman–Crippen MR) is 51.5 cm³/mol. The number of benzene rings is 1. The lowest BCUT2D eigenvalue weighted by Crippen LogP contribution is -2.00. The minimum atomic E-state index is 0.164. The van der Waals surface area contributed by atoms with E-state index < -0.39 is 0 Å². The van der Waals surface area contributed by atoms with Gasteiger partial charge in [0.25, 0.3) is 0 Å². The fraction of sp³-hybridized carbons (Fsp3) is 0.273.